The van der Waals surface area contributed by atoms with Crippen LogP contribution in [-0.2, 0) is 4.79 Å². The molecule has 1 amide bonds. The summed E-state index contributed by atoms with van der Waals surface area (Å²) >= 11 is 0. The molecular formula is C13H27N3O. The van der Waals surface area contributed by atoms with Gasteiger partial charge in [0.1, 0.15) is 0 Å². The lowest BCUT2D eigenvalue weighted by Crippen LogP contribution is -2.46. The lowest BCUT2D eigenvalue weighted by atomic mass is 10.0. The Morgan fingerprint density at radius 3 is 2.82 bits per heavy atom. The molecule has 17 heavy (non-hydrogen) atoms. The van der Waals surface area contributed by atoms with Crippen LogP contribution < -0.4 is 5.32 Å². The molecule has 1 unspecified atom stereocenters. The monoisotopic (exact) mass is 241 g/mol. The Hall–Kier alpha value is -0.610. The van der Waals surface area contributed by atoms with E-state index in [9.17, 15) is 4.79 Å². The zero-order valence-corrected chi connectivity index (χ0v) is 11.5. The topological polar surface area (TPSA) is 35.6 Å². The molecule has 1 heterocycles. The Bertz CT molecular complexity index is 231. The second-order valence-electron chi connectivity index (χ2n) is 5.18. The van der Waals surface area contributed by atoms with E-state index in [2.05, 4.69) is 22.0 Å². The van der Waals surface area contributed by atoms with Gasteiger partial charge in [-0.25, -0.2) is 0 Å². The minimum atomic E-state index is 0.173. The van der Waals surface area contributed by atoms with Crippen LogP contribution in [0.2, 0.25) is 0 Å². The number of amides is 1. The Kier molecular flexibility index (Phi) is 6.52. The van der Waals surface area contributed by atoms with Gasteiger partial charge in [-0.05, 0) is 39.9 Å². The van der Waals surface area contributed by atoms with E-state index in [1.807, 2.05) is 14.1 Å². The highest BCUT2D eigenvalue weighted by Crippen LogP contribution is 2.18. The molecule has 1 aliphatic heterocycles. The highest BCUT2D eigenvalue weighted by Gasteiger charge is 2.22. The number of nitrogens with zero attached hydrogens (tertiary/aromatic N) is 2. The Balaban J connectivity index is 2.24. The average molecular weight is 241 g/mol. The van der Waals surface area contributed by atoms with Crippen LogP contribution in [0.3, 0.4) is 0 Å². The number of hydrogen-bond donors (Lipinski definition) is 1. The Labute approximate surface area is 105 Å². The largest absolute Gasteiger partial charge is 0.354 e. The Morgan fingerprint density at radius 2 is 2.18 bits per heavy atom. The maximum absolute atomic E-state index is 11.8. The van der Waals surface area contributed by atoms with Crippen molar-refractivity contribution in [2.75, 3.05) is 40.3 Å². The number of likely N-dealkylation sites (N-methyl/N-ethyl adjacent to an activating group) is 1. The lowest BCUT2D eigenvalue weighted by molar-refractivity contribution is -0.123. The first-order valence-electron chi connectivity index (χ1n) is 6.79. The molecule has 1 atom stereocenters. The first kappa shape index (κ1) is 14.5. The zero-order valence-electron chi connectivity index (χ0n) is 11.5. The fourth-order valence-corrected chi connectivity index (χ4v) is 2.39. The van der Waals surface area contributed by atoms with E-state index in [1.54, 1.807) is 0 Å². The first-order chi connectivity index (χ1) is 8.13. The van der Waals surface area contributed by atoms with Crippen molar-refractivity contribution in [2.24, 2.45) is 0 Å². The summed E-state index contributed by atoms with van der Waals surface area (Å²) in [6, 6.07) is 0.614. The van der Waals surface area contributed by atoms with Crippen molar-refractivity contribution in [1.82, 2.24) is 15.1 Å². The van der Waals surface area contributed by atoms with Gasteiger partial charge in [-0.2, -0.15) is 0 Å². The molecule has 1 saturated heterocycles. The third-order valence-electron chi connectivity index (χ3n) is 3.45. The third-order valence-corrected chi connectivity index (χ3v) is 3.45. The number of rotatable bonds is 6. The summed E-state index contributed by atoms with van der Waals surface area (Å²) in [5, 5.41) is 2.98. The summed E-state index contributed by atoms with van der Waals surface area (Å²) in [5.74, 6) is 0.173. The summed E-state index contributed by atoms with van der Waals surface area (Å²) in [5.41, 5.74) is 0. The van der Waals surface area contributed by atoms with Crippen molar-refractivity contribution in [2.45, 2.75) is 38.6 Å². The molecule has 0 aromatic rings. The molecule has 4 heteroatoms. The normalized spacial score (nSPS) is 21.8. The lowest BCUT2D eigenvalue weighted by Gasteiger charge is -2.34. The van der Waals surface area contributed by atoms with E-state index in [-0.39, 0.29) is 5.91 Å². The average Bonchev–Trinajstić information content (AvgIpc) is 2.29. The molecular weight excluding hydrogens is 214 g/mol. The first-order valence-corrected chi connectivity index (χ1v) is 6.79. The van der Waals surface area contributed by atoms with Gasteiger partial charge < -0.3 is 10.2 Å². The molecule has 0 spiro atoms. The molecule has 1 aliphatic rings. The Morgan fingerprint density at radius 1 is 1.41 bits per heavy atom. The molecule has 100 valence electrons. The molecule has 0 aromatic carbocycles. The maximum Gasteiger partial charge on any atom is 0.234 e. The summed E-state index contributed by atoms with van der Waals surface area (Å²) in [7, 11) is 4.04. The van der Waals surface area contributed by atoms with Crippen molar-refractivity contribution in [3.8, 4) is 0 Å². The standard InChI is InChI=1S/C13H27N3O/c1-4-12-7-5-6-9-16(12)11-13(17)14-8-10-15(2)3/h12H,4-11H2,1-3H3,(H,14,17). The molecule has 0 radical (unpaired) electrons. The van der Waals surface area contributed by atoms with Crippen molar-refractivity contribution < 1.29 is 4.79 Å². The van der Waals surface area contributed by atoms with Crippen LogP contribution >= 0.6 is 0 Å². The highest BCUT2D eigenvalue weighted by molar-refractivity contribution is 5.78. The minimum Gasteiger partial charge on any atom is -0.354 e. The molecule has 1 rings (SSSR count). The van der Waals surface area contributed by atoms with E-state index in [1.165, 1.54) is 19.3 Å². The number of carbonyl (C=O) groups is 1. The van der Waals surface area contributed by atoms with Crippen LogP contribution in [0.4, 0.5) is 0 Å². The second kappa shape index (κ2) is 7.67. The molecule has 0 bridgehead atoms. The summed E-state index contributed by atoms with van der Waals surface area (Å²) in [4.78, 5) is 16.2. The second-order valence-corrected chi connectivity index (χ2v) is 5.18. The van der Waals surface area contributed by atoms with Crippen molar-refractivity contribution in [3.05, 3.63) is 0 Å². The van der Waals surface area contributed by atoms with Crippen LogP contribution in [0, 0.1) is 0 Å². The van der Waals surface area contributed by atoms with Gasteiger partial charge in [0.15, 0.2) is 0 Å². The molecule has 0 aromatic heterocycles. The molecule has 0 aliphatic carbocycles. The van der Waals surface area contributed by atoms with Crippen molar-refractivity contribution in [1.29, 1.82) is 0 Å². The summed E-state index contributed by atoms with van der Waals surface area (Å²) < 4.78 is 0. The smallest absolute Gasteiger partial charge is 0.234 e. The molecule has 1 fully saturated rings. The van der Waals surface area contributed by atoms with Crippen molar-refractivity contribution >= 4 is 5.91 Å². The van der Waals surface area contributed by atoms with Gasteiger partial charge in [0.25, 0.3) is 0 Å². The predicted molar refractivity (Wildman–Crippen MR) is 71.1 cm³/mol. The van der Waals surface area contributed by atoms with Crippen LogP contribution in [0.15, 0.2) is 0 Å². The van der Waals surface area contributed by atoms with E-state index >= 15 is 0 Å². The SMILES string of the molecule is CCC1CCCCN1CC(=O)NCCN(C)C. The number of piperidine rings is 1. The van der Waals surface area contributed by atoms with Crippen LogP contribution in [0.1, 0.15) is 32.6 Å². The van der Waals surface area contributed by atoms with Crippen LogP contribution in [0.25, 0.3) is 0 Å². The zero-order chi connectivity index (χ0) is 12.7. The molecule has 4 nitrogen and oxygen atoms in total. The van der Waals surface area contributed by atoms with Gasteiger partial charge in [-0.3, -0.25) is 9.69 Å². The maximum atomic E-state index is 11.8. The predicted octanol–water partition coefficient (Wildman–Crippen LogP) is 0.929. The molecule has 1 N–H and O–H groups in total. The number of hydrogen-bond acceptors (Lipinski definition) is 3. The highest BCUT2D eigenvalue weighted by atomic mass is 16.2. The van der Waals surface area contributed by atoms with Crippen LogP contribution in [0.5, 0.6) is 0 Å². The fraction of sp³-hybridized carbons (Fsp3) is 0.923. The minimum absolute atomic E-state index is 0.173. The van der Waals surface area contributed by atoms with Gasteiger partial charge in [0.2, 0.25) is 5.91 Å². The van der Waals surface area contributed by atoms with Gasteiger partial charge in [0.05, 0.1) is 6.54 Å². The van der Waals surface area contributed by atoms with Gasteiger partial charge >= 0.3 is 0 Å². The summed E-state index contributed by atoms with van der Waals surface area (Å²) in [6.45, 7) is 5.53. The van der Waals surface area contributed by atoms with Crippen molar-refractivity contribution in [3.63, 3.8) is 0 Å². The van der Waals surface area contributed by atoms with Gasteiger partial charge in [-0.15, -0.1) is 0 Å². The van der Waals surface area contributed by atoms with E-state index in [4.69, 9.17) is 0 Å². The van der Waals surface area contributed by atoms with E-state index < -0.39 is 0 Å². The van der Waals surface area contributed by atoms with E-state index in [0.717, 1.165) is 26.1 Å². The van der Waals surface area contributed by atoms with Crippen LogP contribution in [-0.4, -0.2) is 62.0 Å². The van der Waals surface area contributed by atoms with Gasteiger partial charge in [0, 0.05) is 19.1 Å². The molecule has 0 saturated carbocycles. The van der Waals surface area contributed by atoms with E-state index in [0.29, 0.717) is 12.6 Å². The fourth-order valence-electron chi connectivity index (χ4n) is 2.39. The number of nitrogens with one attached hydrogen (secondary N) is 1. The number of carbonyl (C=O) groups excluding carboxylic acids is 1. The van der Waals surface area contributed by atoms with Gasteiger partial charge in [-0.1, -0.05) is 13.3 Å². The summed E-state index contributed by atoms with van der Waals surface area (Å²) in [6.07, 6.45) is 4.96. The quantitative estimate of drug-likeness (QED) is 0.751. The number of likely N-dealkylation sites (tertiary alicyclic amines) is 1. The third kappa shape index (κ3) is 5.50.